The van der Waals surface area contributed by atoms with Crippen molar-refractivity contribution in [2.45, 2.75) is 32.9 Å². The number of amides is 1. The summed E-state index contributed by atoms with van der Waals surface area (Å²) in [5.74, 6) is 0.0915. The summed E-state index contributed by atoms with van der Waals surface area (Å²) < 4.78 is 13.8. The first-order valence-electron chi connectivity index (χ1n) is 8.57. The molecule has 2 aromatic heterocycles. The highest BCUT2D eigenvalue weighted by Crippen LogP contribution is 2.22. The molecule has 0 unspecified atom stereocenters. The lowest BCUT2D eigenvalue weighted by atomic mass is 10.1. The van der Waals surface area contributed by atoms with E-state index in [1.807, 2.05) is 18.7 Å². The zero-order valence-corrected chi connectivity index (χ0v) is 14.7. The highest BCUT2D eigenvalue weighted by atomic mass is 19.1. The molecular formula is C18H21FN6O. The van der Waals surface area contributed by atoms with Gasteiger partial charge in [-0.15, -0.1) is 0 Å². The van der Waals surface area contributed by atoms with Gasteiger partial charge in [0.25, 0.3) is 0 Å². The van der Waals surface area contributed by atoms with E-state index in [0.717, 1.165) is 0 Å². The number of aromatic nitrogens is 4. The molecular weight excluding hydrogens is 335 g/mol. The van der Waals surface area contributed by atoms with E-state index in [2.05, 4.69) is 25.3 Å². The molecule has 0 aliphatic rings. The minimum atomic E-state index is -0.443. The van der Waals surface area contributed by atoms with E-state index in [1.54, 1.807) is 24.5 Å². The second-order valence-corrected chi connectivity index (χ2v) is 5.82. The van der Waals surface area contributed by atoms with Crippen LogP contribution in [0.25, 0.3) is 11.2 Å². The number of rotatable bonds is 7. The van der Waals surface area contributed by atoms with Crippen LogP contribution in [0.15, 0.2) is 36.9 Å². The number of carbonyl (C=O) groups is 1. The van der Waals surface area contributed by atoms with Crippen molar-refractivity contribution < 1.29 is 9.18 Å². The summed E-state index contributed by atoms with van der Waals surface area (Å²) in [6, 6.07) is 5.97. The average molecular weight is 356 g/mol. The fraction of sp³-hybridized carbons (Fsp3) is 0.333. The second kappa shape index (κ2) is 7.90. The van der Waals surface area contributed by atoms with Crippen LogP contribution in [0.4, 0.5) is 10.2 Å². The molecule has 1 aromatic carbocycles. The van der Waals surface area contributed by atoms with Crippen LogP contribution in [-0.4, -0.2) is 38.4 Å². The predicted molar refractivity (Wildman–Crippen MR) is 97.0 cm³/mol. The number of benzene rings is 1. The third-order valence-corrected chi connectivity index (χ3v) is 4.29. The van der Waals surface area contributed by atoms with Gasteiger partial charge in [-0.25, -0.2) is 19.3 Å². The molecule has 0 bridgehead atoms. The molecule has 0 saturated carbocycles. The quantitative estimate of drug-likeness (QED) is 0.679. The number of carbonyl (C=O) groups excluding carboxylic acids is 1. The zero-order chi connectivity index (χ0) is 18.5. The number of hydrogen-bond donors (Lipinski definition) is 2. The lowest BCUT2D eigenvalue weighted by Gasteiger charge is -2.30. The first kappa shape index (κ1) is 17.8. The molecule has 3 rings (SSSR count). The van der Waals surface area contributed by atoms with Crippen molar-refractivity contribution in [3.63, 3.8) is 0 Å². The maximum atomic E-state index is 13.8. The number of nitrogens with one attached hydrogen (secondary N) is 2. The maximum Gasteiger partial charge on any atom is 0.243 e. The Kier molecular flexibility index (Phi) is 5.40. The molecule has 3 aromatic rings. The number of fused-ring (bicyclic) bond motifs is 1. The van der Waals surface area contributed by atoms with Crippen molar-refractivity contribution in [3.05, 3.63) is 48.3 Å². The van der Waals surface area contributed by atoms with Crippen molar-refractivity contribution in [1.29, 1.82) is 0 Å². The normalized spacial score (nSPS) is 12.1. The third kappa shape index (κ3) is 3.49. The van der Waals surface area contributed by atoms with Gasteiger partial charge in [0, 0.05) is 18.7 Å². The van der Waals surface area contributed by atoms with Gasteiger partial charge in [-0.05, 0) is 19.4 Å². The van der Waals surface area contributed by atoms with Crippen LogP contribution < -0.4 is 10.2 Å². The van der Waals surface area contributed by atoms with Crippen molar-refractivity contribution in [1.82, 2.24) is 25.3 Å². The van der Waals surface area contributed by atoms with Gasteiger partial charge in [0.05, 0.1) is 6.33 Å². The highest BCUT2D eigenvalue weighted by molar-refractivity contribution is 5.89. The van der Waals surface area contributed by atoms with Crippen LogP contribution in [0.3, 0.4) is 0 Å². The number of nitrogens with zero attached hydrogens (tertiary/aromatic N) is 4. The number of likely N-dealkylation sites (N-methyl/N-ethyl adjacent to an activating group) is 1. The molecule has 0 radical (unpaired) electrons. The fourth-order valence-corrected chi connectivity index (χ4v) is 2.97. The van der Waals surface area contributed by atoms with E-state index >= 15 is 0 Å². The van der Waals surface area contributed by atoms with Gasteiger partial charge in [0.2, 0.25) is 5.91 Å². The maximum absolute atomic E-state index is 13.8. The summed E-state index contributed by atoms with van der Waals surface area (Å²) in [6.07, 6.45) is 3.57. The van der Waals surface area contributed by atoms with Crippen LogP contribution in [0, 0.1) is 5.82 Å². The molecule has 26 heavy (non-hydrogen) atoms. The molecule has 0 fully saturated rings. The van der Waals surface area contributed by atoms with Crippen LogP contribution in [0.5, 0.6) is 0 Å². The molecule has 1 atom stereocenters. The molecule has 0 spiro atoms. The fourth-order valence-electron chi connectivity index (χ4n) is 2.97. The standard InChI is InChI=1S/C18H21FN6O/c1-3-14(18(26)20-9-12-7-5-6-8-13(12)19)25(4-2)17-15-16(22-10-21-15)23-11-24-17/h5-8,10-11,14H,3-4,9H2,1-2H3,(H,20,26)(H,21,22,23,24)/t14-/m1/s1. The monoisotopic (exact) mass is 356 g/mol. The number of aromatic amines is 1. The Hall–Kier alpha value is -3.03. The number of halogens is 1. The molecule has 2 N–H and O–H groups in total. The van der Waals surface area contributed by atoms with Crippen LogP contribution in [0.2, 0.25) is 0 Å². The number of H-pyrrole nitrogens is 1. The van der Waals surface area contributed by atoms with Crippen molar-refractivity contribution in [2.24, 2.45) is 0 Å². The Bertz CT molecular complexity index is 896. The summed E-state index contributed by atoms with van der Waals surface area (Å²) in [4.78, 5) is 30.3. The third-order valence-electron chi connectivity index (χ3n) is 4.29. The van der Waals surface area contributed by atoms with Crippen LogP contribution in [0.1, 0.15) is 25.8 Å². The van der Waals surface area contributed by atoms with E-state index in [9.17, 15) is 9.18 Å². The van der Waals surface area contributed by atoms with Gasteiger partial charge < -0.3 is 15.2 Å². The molecule has 136 valence electrons. The first-order valence-corrected chi connectivity index (χ1v) is 8.57. The highest BCUT2D eigenvalue weighted by Gasteiger charge is 2.26. The molecule has 0 saturated heterocycles. The van der Waals surface area contributed by atoms with Crippen molar-refractivity contribution in [2.75, 3.05) is 11.4 Å². The van der Waals surface area contributed by atoms with Gasteiger partial charge >= 0.3 is 0 Å². The lowest BCUT2D eigenvalue weighted by molar-refractivity contribution is -0.122. The van der Waals surface area contributed by atoms with E-state index in [-0.39, 0.29) is 18.3 Å². The van der Waals surface area contributed by atoms with E-state index in [4.69, 9.17) is 0 Å². The zero-order valence-electron chi connectivity index (χ0n) is 14.7. The van der Waals surface area contributed by atoms with E-state index in [1.165, 1.54) is 12.4 Å². The Morgan fingerprint density at radius 1 is 1.27 bits per heavy atom. The Morgan fingerprint density at radius 2 is 2.08 bits per heavy atom. The smallest absolute Gasteiger partial charge is 0.243 e. The lowest BCUT2D eigenvalue weighted by Crippen LogP contribution is -2.47. The molecule has 0 aliphatic heterocycles. The molecule has 7 nitrogen and oxygen atoms in total. The largest absolute Gasteiger partial charge is 0.350 e. The van der Waals surface area contributed by atoms with Crippen molar-refractivity contribution in [3.8, 4) is 0 Å². The van der Waals surface area contributed by atoms with Gasteiger partial charge in [-0.2, -0.15) is 0 Å². The van der Waals surface area contributed by atoms with Gasteiger partial charge in [-0.3, -0.25) is 4.79 Å². The number of imidazole rings is 1. The Labute approximate surface area is 150 Å². The number of anilines is 1. The summed E-state index contributed by atoms with van der Waals surface area (Å²) in [7, 11) is 0. The molecule has 2 heterocycles. The minimum absolute atomic E-state index is 0.140. The van der Waals surface area contributed by atoms with Gasteiger partial charge in [-0.1, -0.05) is 25.1 Å². The first-order chi connectivity index (χ1) is 12.7. The molecule has 1 amide bonds. The summed E-state index contributed by atoms with van der Waals surface area (Å²) in [5, 5.41) is 2.83. The summed E-state index contributed by atoms with van der Waals surface area (Å²) >= 11 is 0. The summed E-state index contributed by atoms with van der Waals surface area (Å²) in [5.41, 5.74) is 1.69. The minimum Gasteiger partial charge on any atom is -0.350 e. The average Bonchev–Trinajstić information content (AvgIpc) is 3.14. The van der Waals surface area contributed by atoms with Crippen LogP contribution >= 0.6 is 0 Å². The second-order valence-electron chi connectivity index (χ2n) is 5.82. The SMILES string of the molecule is CC[C@H](C(=O)NCc1ccccc1F)N(CC)c1ncnc2[nH]cnc12. The molecule has 0 aliphatic carbocycles. The summed E-state index contributed by atoms with van der Waals surface area (Å²) in [6.45, 7) is 4.60. The topological polar surface area (TPSA) is 86.8 Å². The Morgan fingerprint density at radius 3 is 2.81 bits per heavy atom. The number of hydrogen-bond acceptors (Lipinski definition) is 5. The van der Waals surface area contributed by atoms with Gasteiger partial charge in [0.1, 0.15) is 23.7 Å². The van der Waals surface area contributed by atoms with Crippen LogP contribution in [-0.2, 0) is 11.3 Å². The van der Waals surface area contributed by atoms with Crippen molar-refractivity contribution >= 4 is 22.9 Å². The predicted octanol–water partition coefficient (Wildman–Crippen LogP) is 2.41. The van der Waals surface area contributed by atoms with E-state index in [0.29, 0.717) is 35.5 Å². The molecule has 8 heteroatoms. The Balaban J connectivity index is 1.80. The van der Waals surface area contributed by atoms with Gasteiger partial charge in [0.15, 0.2) is 11.5 Å². The van der Waals surface area contributed by atoms with E-state index < -0.39 is 6.04 Å².